The molecule has 27 heavy (non-hydrogen) atoms. The van der Waals surface area contributed by atoms with E-state index in [0.717, 1.165) is 17.4 Å². The number of nitrogens with one attached hydrogen (secondary N) is 1. The van der Waals surface area contributed by atoms with Gasteiger partial charge in [0.25, 0.3) is 5.91 Å². The Hall–Kier alpha value is -3.27. The van der Waals surface area contributed by atoms with Crippen molar-refractivity contribution in [1.29, 1.82) is 0 Å². The van der Waals surface area contributed by atoms with E-state index in [0.29, 0.717) is 5.65 Å². The monoisotopic (exact) mass is 389 g/mol. The van der Waals surface area contributed by atoms with Crippen LogP contribution in [-0.4, -0.2) is 25.5 Å². The number of carbonyl (C=O) groups excluding carboxylic acids is 1. The van der Waals surface area contributed by atoms with Crippen LogP contribution >= 0.6 is 11.3 Å². The molecule has 4 rings (SSSR count). The Morgan fingerprint density at radius 2 is 1.93 bits per heavy atom. The zero-order chi connectivity index (χ0) is 19.0. The van der Waals surface area contributed by atoms with Crippen molar-refractivity contribution in [2.45, 2.75) is 6.18 Å². The number of imidazole rings is 1. The second-order valence-corrected chi connectivity index (χ2v) is 6.36. The highest BCUT2D eigenvalue weighted by Gasteiger charge is 2.33. The molecule has 0 aliphatic carbocycles. The number of thiazole rings is 1. The Balaban J connectivity index is 1.76. The number of amides is 1. The van der Waals surface area contributed by atoms with Crippen molar-refractivity contribution in [3.8, 4) is 11.3 Å². The van der Waals surface area contributed by atoms with E-state index in [-0.39, 0.29) is 22.1 Å². The van der Waals surface area contributed by atoms with Crippen molar-refractivity contribution < 1.29 is 18.0 Å². The number of nitrogens with zero attached hydrogens (tertiary/aromatic N) is 4. The molecule has 0 radical (unpaired) electrons. The minimum atomic E-state index is -4.51. The zero-order valence-corrected chi connectivity index (χ0v) is 14.3. The molecule has 1 aromatic carbocycles. The first-order chi connectivity index (χ1) is 12.9. The van der Waals surface area contributed by atoms with Crippen LogP contribution in [0.15, 0.2) is 54.2 Å². The van der Waals surface area contributed by atoms with E-state index in [1.807, 2.05) is 0 Å². The average molecular weight is 389 g/mol. The van der Waals surface area contributed by atoms with Crippen LogP contribution in [0.5, 0.6) is 0 Å². The van der Waals surface area contributed by atoms with Gasteiger partial charge in [0.1, 0.15) is 0 Å². The molecule has 0 fully saturated rings. The normalized spacial score (nSPS) is 11.7. The summed E-state index contributed by atoms with van der Waals surface area (Å²) >= 11 is 1.16. The van der Waals surface area contributed by atoms with Crippen LogP contribution in [-0.2, 0) is 6.18 Å². The lowest BCUT2D eigenvalue weighted by Gasteiger charge is -2.12. The van der Waals surface area contributed by atoms with Crippen LogP contribution in [0.3, 0.4) is 0 Å². The van der Waals surface area contributed by atoms with Gasteiger partial charge in [-0.2, -0.15) is 22.8 Å². The summed E-state index contributed by atoms with van der Waals surface area (Å²) in [7, 11) is 0. The predicted octanol–water partition coefficient (Wildman–Crippen LogP) is 4.12. The second kappa shape index (κ2) is 6.47. The number of hydrogen-bond acceptors (Lipinski definition) is 5. The molecule has 6 nitrogen and oxygen atoms in total. The highest BCUT2D eigenvalue weighted by atomic mass is 32.1. The molecular formula is C17H10F3N5OS. The smallest absolute Gasteiger partial charge is 0.303 e. The molecule has 0 bridgehead atoms. The third kappa shape index (κ3) is 3.26. The van der Waals surface area contributed by atoms with Gasteiger partial charge in [0.15, 0.2) is 16.5 Å². The van der Waals surface area contributed by atoms with Gasteiger partial charge in [-0.25, -0.2) is 9.97 Å². The van der Waals surface area contributed by atoms with Gasteiger partial charge in [-0.15, -0.1) is 11.3 Å². The molecule has 0 aliphatic heterocycles. The Bertz CT molecular complexity index is 1120. The van der Waals surface area contributed by atoms with Crippen LogP contribution in [0, 0.1) is 0 Å². The maximum Gasteiger partial charge on any atom is 0.417 e. The topological polar surface area (TPSA) is 72.2 Å². The van der Waals surface area contributed by atoms with E-state index in [4.69, 9.17) is 0 Å². The van der Waals surface area contributed by atoms with Gasteiger partial charge in [0, 0.05) is 17.1 Å². The largest absolute Gasteiger partial charge is 0.417 e. The van der Waals surface area contributed by atoms with Gasteiger partial charge in [-0.1, -0.05) is 18.2 Å². The Labute approximate surface area is 154 Å². The number of aromatic nitrogens is 4. The van der Waals surface area contributed by atoms with Gasteiger partial charge in [-0.3, -0.25) is 4.79 Å². The number of halogens is 3. The molecule has 0 saturated heterocycles. The predicted molar refractivity (Wildman–Crippen MR) is 93.5 cm³/mol. The fourth-order valence-corrected chi connectivity index (χ4v) is 3.09. The highest BCUT2D eigenvalue weighted by Crippen LogP contribution is 2.36. The minimum Gasteiger partial charge on any atom is -0.303 e. The summed E-state index contributed by atoms with van der Waals surface area (Å²) in [5.41, 5.74) is -0.348. The highest BCUT2D eigenvalue weighted by molar-refractivity contribution is 7.11. The first-order valence-electron chi connectivity index (χ1n) is 7.66. The standard InChI is InChI=1S/C17H10F3N5OS/c18-17(19,20)11-4-2-1-3-10(11)12-5-6-13-22-9-14(25(13)24-12)23-15(26)16-21-7-8-27-16/h1-9H,(H,23,26). The summed E-state index contributed by atoms with van der Waals surface area (Å²) in [5.74, 6) is -0.216. The fourth-order valence-electron chi connectivity index (χ4n) is 2.56. The molecule has 136 valence electrons. The minimum absolute atomic E-state index is 0.0576. The molecule has 4 aromatic rings. The van der Waals surface area contributed by atoms with E-state index >= 15 is 0 Å². The van der Waals surface area contributed by atoms with Crippen molar-refractivity contribution in [2.75, 3.05) is 5.32 Å². The Morgan fingerprint density at radius 3 is 2.67 bits per heavy atom. The summed E-state index contributed by atoms with van der Waals surface area (Å²) < 4.78 is 41.1. The molecular weight excluding hydrogens is 379 g/mol. The van der Waals surface area contributed by atoms with Gasteiger partial charge in [0.2, 0.25) is 0 Å². The molecule has 0 atom stereocenters. The van der Waals surface area contributed by atoms with Crippen molar-refractivity contribution in [1.82, 2.24) is 19.6 Å². The Morgan fingerprint density at radius 1 is 1.11 bits per heavy atom. The van der Waals surface area contributed by atoms with Gasteiger partial charge >= 0.3 is 6.18 Å². The van der Waals surface area contributed by atoms with Crippen molar-refractivity contribution in [3.05, 3.63) is 64.7 Å². The van der Waals surface area contributed by atoms with Crippen LogP contribution in [0.25, 0.3) is 16.9 Å². The number of fused-ring (bicyclic) bond motifs is 1. The maximum atomic E-state index is 13.3. The maximum absolute atomic E-state index is 13.3. The number of benzene rings is 1. The molecule has 3 aromatic heterocycles. The lowest BCUT2D eigenvalue weighted by molar-refractivity contribution is -0.137. The number of rotatable bonds is 3. The van der Waals surface area contributed by atoms with Crippen molar-refractivity contribution >= 4 is 28.7 Å². The summed E-state index contributed by atoms with van der Waals surface area (Å²) in [4.78, 5) is 20.2. The van der Waals surface area contributed by atoms with E-state index in [9.17, 15) is 18.0 Å². The third-order valence-corrected chi connectivity index (χ3v) is 4.51. The Kier molecular flexibility index (Phi) is 4.11. The lowest BCUT2D eigenvalue weighted by atomic mass is 10.0. The van der Waals surface area contributed by atoms with E-state index in [1.165, 1.54) is 47.2 Å². The molecule has 10 heteroatoms. The summed E-state index contributed by atoms with van der Waals surface area (Å²) in [6.45, 7) is 0. The fraction of sp³-hybridized carbons (Fsp3) is 0.0588. The third-order valence-electron chi connectivity index (χ3n) is 3.74. The lowest BCUT2D eigenvalue weighted by Crippen LogP contribution is -2.14. The molecule has 3 heterocycles. The van der Waals surface area contributed by atoms with E-state index < -0.39 is 17.6 Å². The van der Waals surface area contributed by atoms with Gasteiger partial charge in [0.05, 0.1) is 17.5 Å². The van der Waals surface area contributed by atoms with Gasteiger partial charge in [-0.05, 0) is 18.2 Å². The van der Waals surface area contributed by atoms with E-state index in [2.05, 4.69) is 20.4 Å². The van der Waals surface area contributed by atoms with Gasteiger partial charge < -0.3 is 5.32 Å². The molecule has 0 aliphatic rings. The van der Waals surface area contributed by atoms with Crippen molar-refractivity contribution in [2.24, 2.45) is 0 Å². The van der Waals surface area contributed by atoms with Crippen LogP contribution in [0.4, 0.5) is 19.0 Å². The molecule has 0 saturated carbocycles. The van der Waals surface area contributed by atoms with Crippen LogP contribution in [0.1, 0.15) is 15.4 Å². The molecule has 0 unspecified atom stereocenters. The quantitative estimate of drug-likeness (QED) is 0.572. The van der Waals surface area contributed by atoms with Crippen LogP contribution in [0.2, 0.25) is 0 Å². The molecule has 1 amide bonds. The number of carbonyl (C=O) groups is 1. The number of hydrogen-bond donors (Lipinski definition) is 1. The van der Waals surface area contributed by atoms with Crippen LogP contribution < -0.4 is 5.32 Å². The summed E-state index contributed by atoms with van der Waals surface area (Å²) in [6, 6.07) is 8.17. The SMILES string of the molecule is O=C(Nc1cnc2ccc(-c3ccccc3C(F)(F)F)nn12)c1nccs1. The first-order valence-corrected chi connectivity index (χ1v) is 8.54. The average Bonchev–Trinajstić information content (AvgIpc) is 3.31. The summed E-state index contributed by atoms with van der Waals surface area (Å²) in [5, 5.41) is 8.77. The second-order valence-electron chi connectivity index (χ2n) is 5.47. The molecule has 0 spiro atoms. The number of anilines is 1. The van der Waals surface area contributed by atoms with Crippen molar-refractivity contribution in [3.63, 3.8) is 0 Å². The number of alkyl halides is 3. The summed E-state index contributed by atoms with van der Waals surface area (Å²) in [6.07, 6.45) is -1.63. The molecule has 1 N–H and O–H groups in total. The first kappa shape index (κ1) is 17.2. The zero-order valence-electron chi connectivity index (χ0n) is 13.4. The van der Waals surface area contributed by atoms with E-state index in [1.54, 1.807) is 5.38 Å².